The molecule has 0 unspecified atom stereocenters. The monoisotopic (exact) mass is 350 g/mol. The molecule has 3 rings (SSSR count). The van der Waals surface area contributed by atoms with Gasteiger partial charge in [0.25, 0.3) is 6.47 Å². The molecule has 0 aromatic heterocycles. The van der Waals surface area contributed by atoms with Crippen molar-refractivity contribution in [3.63, 3.8) is 0 Å². The van der Waals surface area contributed by atoms with Gasteiger partial charge in [0, 0.05) is 26.7 Å². The van der Waals surface area contributed by atoms with Crippen LogP contribution in [0.5, 0.6) is 0 Å². The quantitative estimate of drug-likeness (QED) is 0.759. The average molecular weight is 350 g/mol. The number of ether oxygens (including phenoxy) is 1. The minimum absolute atomic E-state index is 0.0250. The summed E-state index contributed by atoms with van der Waals surface area (Å²) in [5, 5.41) is 16.2. The second-order valence-electron chi connectivity index (χ2n) is 6.10. The SMILES string of the molecule is CN1C(=O)[C@H]2COC[C@@H]1CN(Cc1ccccc1C(=O)O)C2.O=CO. The maximum absolute atomic E-state index is 12.3. The summed E-state index contributed by atoms with van der Waals surface area (Å²) in [5.74, 6) is -0.965. The molecule has 1 aromatic carbocycles. The number of amides is 1. The van der Waals surface area contributed by atoms with Gasteiger partial charge < -0.3 is 19.8 Å². The highest BCUT2D eigenvalue weighted by atomic mass is 16.5. The number of carbonyl (C=O) groups excluding carboxylic acids is 1. The van der Waals surface area contributed by atoms with E-state index in [1.165, 1.54) is 0 Å². The molecular formula is C17H22N2O6. The molecular weight excluding hydrogens is 328 g/mol. The lowest BCUT2D eigenvalue weighted by Crippen LogP contribution is -2.43. The van der Waals surface area contributed by atoms with Crippen molar-refractivity contribution in [3.8, 4) is 0 Å². The lowest BCUT2D eigenvalue weighted by molar-refractivity contribution is -0.134. The van der Waals surface area contributed by atoms with Crippen LogP contribution in [-0.4, -0.2) is 77.8 Å². The minimum Gasteiger partial charge on any atom is -0.483 e. The molecule has 0 radical (unpaired) electrons. The van der Waals surface area contributed by atoms with Crippen molar-refractivity contribution < 1.29 is 29.3 Å². The first-order valence-corrected chi connectivity index (χ1v) is 7.93. The molecule has 2 heterocycles. The molecule has 1 amide bonds. The number of rotatable bonds is 3. The first-order valence-electron chi connectivity index (χ1n) is 7.93. The molecule has 2 N–H and O–H groups in total. The van der Waals surface area contributed by atoms with Gasteiger partial charge in [0.05, 0.1) is 30.7 Å². The molecule has 0 saturated carbocycles. The van der Waals surface area contributed by atoms with E-state index in [0.29, 0.717) is 38.4 Å². The van der Waals surface area contributed by atoms with Gasteiger partial charge in [-0.15, -0.1) is 0 Å². The number of fused-ring (bicyclic) bond motifs is 3. The Kier molecular flexibility index (Phi) is 6.49. The number of benzene rings is 1. The minimum atomic E-state index is -0.915. The van der Waals surface area contributed by atoms with Crippen LogP contribution in [0.1, 0.15) is 15.9 Å². The van der Waals surface area contributed by atoms with Gasteiger partial charge in [0.15, 0.2) is 0 Å². The summed E-state index contributed by atoms with van der Waals surface area (Å²) >= 11 is 0. The van der Waals surface area contributed by atoms with E-state index in [9.17, 15) is 14.7 Å². The Bertz CT molecular complexity index is 635. The lowest BCUT2D eigenvalue weighted by atomic mass is 10.1. The van der Waals surface area contributed by atoms with Gasteiger partial charge in [-0.25, -0.2) is 4.79 Å². The molecule has 2 fully saturated rings. The number of hydrogen-bond acceptors (Lipinski definition) is 5. The van der Waals surface area contributed by atoms with E-state index in [1.54, 1.807) is 17.0 Å². The van der Waals surface area contributed by atoms with Crippen LogP contribution in [0.4, 0.5) is 0 Å². The van der Waals surface area contributed by atoms with Crippen LogP contribution in [0.3, 0.4) is 0 Å². The van der Waals surface area contributed by atoms with Crippen molar-refractivity contribution >= 4 is 18.3 Å². The van der Waals surface area contributed by atoms with E-state index in [0.717, 1.165) is 5.56 Å². The molecule has 136 valence electrons. The Hall–Kier alpha value is -2.45. The summed E-state index contributed by atoms with van der Waals surface area (Å²) in [6.45, 7) is 2.57. The Morgan fingerprint density at radius 2 is 2.00 bits per heavy atom. The number of aromatic carboxylic acids is 1. The van der Waals surface area contributed by atoms with Crippen molar-refractivity contribution in [2.24, 2.45) is 5.92 Å². The van der Waals surface area contributed by atoms with E-state index >= 15 is 0 Å². The van der Waals surface area contributed by atoms with Gasteiger partial charge in [-0.1, -0.05) is 18.2 Å². The molecule has 1 aromatic rings. The predicted molar refractivity (Wildman–Crippen MR) is 88.2 cm³/mol. The van der Waals surface area contributed by atoms with Crippen LogP contribution >= 0.6 is 0 Å². The number of hydrogen-bond donors (Lipinski definition) is 2. The molecule has 2 aliphatic rings. The maximum atomic E-state index is 12.3. The van der Waals surface area contributed by atoms with Gasteiger partial charge in [0.2, 0.25) is 5.91 Å². The Balaban J connectivity index is 0.000000701. The molecule has 2 bridgehead atoms. The van der Waals surface area contributed by atoms with Crippen LogP contribution in [0.2, 0.25) is 0 Å². The summed E-state index contributed by atoms with van der Waals surface area (Å²) in [7, 11) is 1.82. The average Bonchev–Trinajstić information content (AvgIpc) is 2.75. The maximum Gasteiger partial charge on any atom is 0.336 e. The van der Waals surface area contributed by atoms with Crippen LogP contribution in [0.25, 0.3) is 0 Å². The third-order valence-electron chi connectivity index (χ3n) is 4.46. The fourth-order valence-corrected chi connectivity index (χ4v) is 3.22. The largest absolute Gasteiger partial charge is 0.483 e. The van der Waals surface area contributed by atoms with Crippen molar-refractivity contribution in [1.29, 1.82) is 0 Å². The first-order chi connectivity index (χ1) is 12.0. The topological polar surface area (TPSA) is 107 Å². The fourth-order valence-electron chi connectivity index (χ4n) is 3.22. The summed E-state index contributed by atoms with van der Waals surface area (Å²) in [5.41, 5.74) is 1.11. The van der Waals surface area contributed by atoms with Gasteiger partial charge in [-0.05, 0) is 11.6 Å². The Labute approximate surface area is 145 Å². The van der Waals surface area contributed by atoms with Gasteiger partial charge >= 0.3 is 5.97 Å². The second kappa shape index (κ2) is 8.59. The highest BCUT2D eigenvalue weighted by molar-refractivity contribution is 5.89. The van der Waals surface area contributed by atoms with Gasteiger partial charge in [-0.2, -0.15) is 0 Å². The van der Waals surface area contributed by atoms with E-state index in [2.05, 4.69) is 4.90 Å². The number of nitrogens with zero attached hydrogens (tertiary/aromatic N) is 2. The summed E-state index contributed by atoms with van der Waals surface area (Å²) < 4.78 is 5.58. The van der Waals surface area contributed by atoms with E-state index in [-0.39, 0.29) is 24.3 Å². The zero-order valence-corrected chi connectivity index (χ0v) is 14.0. The molecule has 0 aliphatic carbocycles. The number of carboxylic acids is 1. The third kappa shape index (κ3) is 4.55. The molecule has 2 atom stereocenters. The van der Waals surface area contributed by atoms with Gasteiger partial charge in [0.1, 0.15) is 0 Å². The molecule has 25 heavy (non-hydrogen) atoms. The Morgan fingerprint density at radius 1 is 1.32 bits per heavy atom. The van der Waals surface area contributed by atoms with Gasteiger partial charge in [-0.3, -0.25) is 14.5 Å². The van der Waals surface area contributed by atoms with Crippen LogP contribution < -0.4 is 0 Å². The number of carboxylic acid groups (broad SMARTS) is 2. The summed E-state index contributed by atoms with van der Waals surface area (Å²) in [6.07, 6.45) is 0. The van der Waals surface area contributed by atoms with Crippen molar-refractivity contribution in [2.75, 3.05) is 33.4 Å². The zero-order chi connectivity index (χ0) is 18.4. The number of carbonyl (C=O) groups is 3. The highest BCUT2D eigenvalue weighted by Gasteiger charge is 2.37. The number of likely N-dealkylation sites (N-methyl/N-ethyl adjacent to an activating group) is 1. The summed E-state index contributed by atoms with van der Waals surface area (Å²) in [6, 6.07) is 7.07. The van der Waals surface area contributed by atoms with E-state index < -0.39 is 5.97 Å². The van der Waals surface area contributed by atoms with E-state index in [1.807, 2.05) is 19.2 Å². The highest BCUT2D eigenvalue weighted by Crippen LogP contribution is 2.22. The Morgan fingerprint density at radius 3 is 2.68 bits per heavy atom. The molecule has 2 saturated heterocycles. The first kappa shape index (κ1) is 18.9. The lowest BCUT2D eigenvalue weighted by Gasteiger charge is -2.29. The second-order valence-corrected chi connectivity index (χ2v) is 6.10. The third-order valence-corrected chi connectivity index (χ3v) is 4.46. The molecule has 8 nitrogen and oxygen atoms in total. The van der Waals surface area contributed by atoms with Crippen LogP contribution in [-0.2, 0) is 20.9 Å². The zero-order valence-electron chi connectivity index (χ0n) is 14.0. The molecule has 2 aliphatic heterocycles. The van der Waals surface area contributed by atoms with Crippen molar-refractivity contribution in [1.82, 2.24) is 9.80 Å². The van der Waals surface area contributed by atoms with Crippen molar-refractivity contribution in [3.05, 3.63) is 35.4 Å². The fraction of sp³-hybridized carbons (Fsp3) is 0.471. The molecule has 0 spiro atoms. The van der Waals surface area contributed by atoms with Crippen LogP contribution in [0.15, 0.2) is 24.3 Å². The smallest absolute Gasteiger partial charge is 0.336 e. The predicted octanol–water partition coefficient (Wildman–Crippen LogP) is 0.375. The van der Waals surface area contributed by atoms with Crippen molar-refractivity contribution in [2.45, 2.75) is 12.6 Å². The standard InChI is InChI=1S/C16H20N2O4.CH2O2/c1-17-13-8-18(7-12(15(17)19)9-22-10-13)6-11-4-2-3-5-14(11)16(20)21;2-1-3/h2-5,12-13H,6-10H2,1H3,(H,20,21);1H,(H,2,3)/t12-,13+;/m1./s1. The van der Waals surface area contributed by atoms with E-state index in [4.69, 9.17) is 14.6 Å². The summed E-state index contributed by atoms with van der Waals surface area (Å²) in [4.78, 5) is 36.0. The van der Waals surface area contributed by atoms with Crippen LogP contribution in [0, 0.1) is 5.92 Å². The normalized spacial score (nSPS) is 23.2. The molecule has 8 heteroatoms.